The molecule has 2 N–H and O–H groups in total. The van der Waals surface area contributed by atoms with Crippen molar-refractivity contribution in [1.29, 1.82) is 0 Å². The maximum absolute atomic E-state index is 12.5. The molecule has 0 radical (unpaired) electrons. The number of para-hydroxylation sites is 1. The van der Waals surface area contributed by atoms with E-state index in [-0.39, 0.29) is 23.6 Å². The summed E-state index contributed by atoms with van der Waals surface area (Å²) in [5.74, 6) is -1.20. The largest absolute Gasteiger partial charge is 0.493 e. The summed E-state index contributed by atoms with van der Waals surface area (Å²) in [6.45, 7) is 0.399. The minimum atomic E-state index is -3.06. The number of hydrogen-bond acceptors (Lipinski definition) is 4. The van der Waals surface area contributed by atoms with Crippen LogP contribution in [0.25, 0.3) is 0 Å². The third-order valence-corrected chi connectivity index (χ3v) is 3.80. The monoisotopic (exact) mass is 378 g/mol. The fourth-order valence-corrected chi connectivity index (χ4v) is 2.46. The maximum atomic E-state index is 12.5. The average molecular weight is 378 g/mol. The molecule has 0 aliphatic carbocycles. The van der Waals surface area contributed by atoms with Crippen molar-refractivity contribution in [2.45, 2.75) is 20.5 Å². The van der Waals surface area contributed by atoms with Crippen molar-refractivity contribution in [3.8, 4) is 11.5 Å². The molecule has 0 aliphatic rings. The quantitative estimate of drug-likeness (QED) is 0.775. The van der Waals surface area contributed by atoms with E-state index < -0.39 is 18.4 Å². The van der Waals surface area contributed by atoms with Crippen molar-refractivity contribution in [1.82, 2.24) is 5.32 Å². The molecule has 8 heteroatoms. The van der Waals surface area contributed by atoms with Gasteiger partial charge in [0.25, 0.3) is 5.91 Å². The molecule has 0 aromatic heterocycles. The third-order valence-electron chi connectivity index (χ3n) is 3.80. The number of aryl methyl sites for hydroxylation is 2. The highest BCUT2D eigenvalue weighted by Gasteiger charge is 2.15. The van der Waals surface area contributed by atoms with E-state index in [0.717, 1.165) is 17.2 Å². The molecule has 2 amide bonds. The number of benzene rings is 2. The molecule has 0 fully saturated rings. The first kappa shape index (κ1) is 20.2. The summed E-state index contributed by atoms with van der Waals surface area (Å²) >= 11 is 0. The van der Waals surface area contributed by atoms with Gasteiger partial charge in [-0.2, -0.15) is 8.78 Å². The van der Waals surface area contributed by atoms with Gasteiger partial charge in [0, 0.05) is 11.3 Å². The molecule has 6 nitrogen and oxygen atoms in total. The van der Waals surface area contributed by atoms with E-state index in [9.17, 15) is 18.4 Å². The van der Waals surface area contributed by atoms with E-state index in [0.29, 0.717) is 5.69 Å². The second-order valence-electron chi connectivity index (χ2n) is 5.74. The van der Waals surface area contributed by atoms with Gasteiger partial charge in [0.1, 0.15) is 0 Å². The zero-order valence-corrected chi connectivity index (χ0v) is 15.1. The number of halogens is 2. The minimum absolute atomic E-state index is 0.0614. The lowest BCUT2D eigenvalue weighted by Crippen LogP contribution is -2.33. The van der Waals surface area contributed by atoms with Crippen molar-refractivity contribution < 1.29 is 27.8 Å². The number of carbonyl (C=O) groups excluding carboxylic acids is 2. The summed E-state index contributed by atoms with van der Waals surface area (Å²) in [6, 6.07) is 9.46. The fraction of sp³-hybridized carbons (Fsp3) is 0.263. The molecule has 2 rings (SSSR count). The summed E-state index contributed by atoms with van der Waals surface area (Å²) < 4.78 is 34.2. The number of methoxy groups -OCH3 is 1. The Morgan fingerprint density at radius 3 is 2.33 bits per heavy atom. The van der Waals surface area contributed by atoms with Crippen molar-refractivity contribution in [3.05, 3.63) is 53.1 Å². The van der Waals surface area contributed by atoms with Gasteiger partial charge in [0.15, 0.2) is 11.5 Å². The van der Waals surface area contributed by atoms with Crippen LogP contribution in [0, 0.1) is 13.8 Å². The van der Waals surface area contributed by atoms with Crippen LogP contribution in [0.15, 0.2) is 36.4 Å². The molecule has 0 atom stereocenters. The topological polar surface area (TPSA) is 76.7 Å². The van der Waals surface area contributed by atoms with Gasteiger partial charge < -0.3 is 20.1 Å². The summed E-state index contributed by atoms with van der Waals surface area (Å²) in [4.78, 5) is 24.3. The number of anilines is 1. The van der Waals surface area contributed by atoms with Crippen LogP contribution in [0.3, 0.4) is 0 Å². The van der Waals surface area contributed by atoms with Crippen LogP contribution in [0.1, 0.15) is 21.5 Å². The molecule has 27 heavy (non-hydrogen) atoms. The van der Waals surface area contributed by atoms with Crippen LogP contribution in [-0.2, 0) is 4.79 Å². The zero-order chi connectivity index (χ0) is 20.0. The molecule has 2 aromatic rings. The lowest BCUT2D eigenvalue weighted by molar-refractivity contribution is -0.115. The van der Waals surface area contributed by atoms with Crippen LogP contribution < -0.4 is 20.1 Å². The van der Waals surface area contributed by atoms with Crippen LogP contribution in [-0.4, -0.2) is 32.1 Å². The molecule has 0 heterocycles. The summed E-state index contributed by atoms with van der Waals surface area (Å²) in [7, 11) is 1.30. The summed E-state index contributed by atoms with van der Waals surface area (Å²) in [5.41, 5.74) is 2.55. The minimum Gasteiger partial charge on any atom is -0.493 e. The number of amides is 2. The van der Waals surface area contributed by atoms with Crippen molar-refractivity contribution in [3.63, 3.8) is 0 Å². The van der Waals surface area contributed by atoms with Gasteiger partial charge in [-0.05, 0) is 43.2 Å². The second-order valence-corrected chi connectivity index (χ2v) is 5.74. The third kappa shape index (κ3) is 5.40. The van der Waals surface area contributed by atoms with Crippen LogP contribution >= 0.6 is 0 Å². The van der Waals surface area contributed by atoms with E-state index in [2.05, 4.69) is 15.4 Å². The smallest absolute Gasteiger partial charge is 0.387 e. The van der Waals surface area contributed by atoms with Crippen molar-refractivity contribution in [2.24, 2.45) is 0 Å². The van der Waals surface area contributed by atoms with Crippen LogP contribution in [0.4, 0.5) is 14.5 Å². The average Bonchev–Trinajstić information content (AvgIpc) is 2.62. The number of alkyl halides is 2. The van der Waals surface area contributed by atoms with Crippen molar-refractivity contribution >= 4 is 17.5 Å². The van der Waals surface area contributed by atoms with Crippen LogP contribution in [0.5, 0.6) is 11.5 Å². The summed E-state index contributed by atoms with van der Waals surface area (Å²) in [5, 5.41) is 5.18. The van der Waals surface area contributed by atoms with E-state index >= 15 is 0 Å². The maximum Gasteiger partial charge on any atom is 0.387 e. The highest BCUT2D eigenvalue weighted by molar-refractivity contribution is 6.00. The van der Waals surface area contributed by atoms with Gasteiger partial charge in [-0.3, -0.25) is 9.59 Å². The number of hydrogen-bond donors (Lipinski definition) is 2. The number of carbonyl (C=O) groups is 2. The molecular formula is C19H20F2N2O4. The molecule has 0 unspecified atom stereocenters. The van der Waals surface area contributed by atoms with E-state index in [1.54, 1.807) is 0 Å². The Morgan fingerprint density at radius 1 is 1.07 bits per heavy atom. The SMILES string of the molecule is COc1ccc(C(=O)NCC(=O)Nc2c(C)cccc2C)cc1OC(F)F. The fourth-order valence-electron chi connectivity index (χ4n) is 2.46. The van der Waals surface area contributed by atoms with Gasteiger partial charge >= 0.3 is 6.61 Å². The first-order chi connectivity index (χ1) is 12.8. The highest BCUT2D eigenvalue weighted by Crippen LogP contribution is 2.29. The van der Waals surface area contributed by atoms with E-state index in [1.165, 1.54) is 19.2 Å². The van der Waals surface area contributed by atoms with Crippen molar-refractivity contribution in [2.75, 3.05) is 19.0 Å². The van der Waals surface area contributed by atoms with E-state index in [1.807, 2.05) is 32.0 Å². The Morgan fingerprint density at radius 2 is 1.74 bits per heavy atom. The van der Waals surface area contributed by atoms with Gasteiger partial charge in [-0.15, -0.1) is 0 Å². The lowest BCUT2D eigenvalue weighted by atomic mass is 10.1. The molecule has 0 aliphatic heterocycles. The normalized spacial score (nSPS) is 10.4. The molecule has 0 bridgehead atoms. The Labute approximate surface area is 155 Å². The number of nitrogens with one attached hydrogen (secondary N) is 2. The first-order valence-corrected chi connectivity index (χ1v) is 8.09. The standard InChI is InChI=1S/C19H20F2N2O4/c1-11-5-4-6-12(2)17(11)23-16(24)10-22-18(25)13-7-8-14(26-3)15(9-13)27-19(20)21/h4-9,19H,10H2,1-3H3,(H,22,25)(H,23,24). The van der Waals surface area contributed by atoms with Gasteiger partial charge in [0.2, 0.25) is 5.91 Å². The van der Waals surface area contributed by atoms with Gasteiger partial charge in [-0.1, -0.05) is 18.2 Å². The first-order valence-electron chi connectivity index (χ1n) is 8.09. The Balaban J connectivity index is 2.02. The Kier molecular flexibility index (Phi) is 6.70. The lowest BCUT2D eigenvalue weighted by Gasteiger charge is -2.13. The summed E-state index contributed by atoms with van der Waals surface area (Å²) in [6.07, 6.45) is 0. The Hall–Kier alpha value is -3.16. The van der Waals surface area contributed by atoms with Crippen LogP contribution in [0.2, 0.25) is 0 Å². The second kappa shape index (κ2) is 8.98. The van der Waals surface area contributed by atoms with Gasteiger partial charge in [0.05, 0.1) is 13.7 Å². The highest BCUT2D eigenvalue weighted by atomic mass is 19.3. The molecule has 0 saturated heterocycles. The molecule has 2 aromatic carbocycles. The molecule has 0 spiro atoms. The Bertz CT molecular complexity index is 820. The zero-order valence-electron chi connectivity index (χ0n) is 15.1. The molecule has 144 valence electrons. The van der Waals surface area contributed by atoms with Gasteiger partial charge in [-0.25, -0.2) is 0 Å². The molecule has 0 saturated carbocycles. The number of rotatable bonds is 7. The molecular weight excluding hydrogens is 358 g/mol. The predicted octanol–water partition coefficient (Wildman–Crippen LogP) is 3.28. The van der Waals surface area contributed by atoms with E-state index in [4.69, 9.17) is 4.74 Å². The predicted molar refractivity (Wildman–Crippen MR) is 96.5 cm³/mol. The number of ether oxygens (including phenoxy) is 2.